The molecule has 8 heteroatoms. The van der Waals surface area contributed by atoms with E-state index in [0.29, 0.717) is 12.5 Å². The molecule has 35 heavy (non-hydrogen) atoms. The van der Waals surface area contributed by atoms with E-state index < -0.39 is 0 Å². The summed E-state index contributed by atoms with van der Waals surface area (Å²) >= 11 is 0. The summed E-state index contributed by atoms with van der Waals surface area (Å²) in [7, 11) is 1.62. The van der Waals surface area contributed by atoms with Gasteiger partial charge >= 0.3 is 0 Å². The van der Waals surface area contributed by atoms with E-state index in [9.17, 15) is 4.79 Å². The first-order chi connectivity index (χ1) is 17.2. The summed E-state index contributed by atoms with van der Waals surface area (Å²) in [5, 5.41) is 2.90. The number of methoxy groups -OCH3 is 1. The third-order valence-electron chi connectivity index (χ3n) is 5.80. The van der Waals surface area contributed by atoms with Crippen LogP contribution in [0.4, 0.5) is 11.6 Å². The van der Waals surface area contributed by atoms with Crippen LogP contribution in [0.3, 0.4) is 0 Å². The first kappa shape index (κ1) is 22.3. The molecule has 1 amide bonds. The number of benzene rings is 2. The second-order valence-electron chi connectivity index (χ2n) is 8.10. The van der Waals surface area contributed by atoms with Crippen molar-refractivity contribution < 1.29 is 14.3 Å². The van der Waals surface area contributed by atoms with Gasteiger partial charge in [-0.25, -0.2) is 4.98 Å². The molecule has 0 bridgehead atoms. The molecule has 2 aromatic carbocycles. The zero-order chi connectivity index (χ0) is 24.0. The van der Waals surface area contributed by atoms with E-state index in [1.807, 2.05) is 53.4 Å². The van der Waals surface area contributed by atoms with Crippen molar-refractivity contribution in [2.24, 2.45) is 0 Å². The number of fused-ring (bicyclic) bond motifs is 1. The van der Waals surface area contributed by atoms with Crippen molar-refractivity contribution in [1.82, 2.24) is 20.3 Å². The Balaban J connectivity index is 1.41. The smallest absolute Gasteiger partial charge is 0.258 e. The van der Waals surface area contributed by atoms with E-state index in [1.54, 1.807) is 19.5 Å². The van der Waals surface area contributed by atoms with Crippen molar-refractivity contribution in [2.75, 3.05) is 18.6 Å². The van der Waals surface area contributed by atoms with E-state index >= 15 is 0 Å². The molecule has 0 saturated carbocycles. The maximum absolute atomic E-state index is 13.1. The Morgan fingerprint density at radius 2 is 1.94 bits per heavy atom. The molecular weight excluding hydrogens is 442 g/mol. The quantitative estimate of drug-likeness (QED) is 0.418. The highest BCUT2D eigenvalue weighted by molar-refractivity contribution is 5.96. The Morgan fingerprint density at radius 3 is 2.80 bits per heavy atom. The highest BCUT2D eigenvalue weighted by atomic mass is 16.5. The minimum absolute atomic E-state index is 0.228. The minimum atomic E-state index is -0.317. The van der Waals surface area contributed by atoms with E-state index in [4.69, 9.17) is 9.47 Å². The number of amides is 1. The van der Waals surface area contributed by atoms with Crippen LogP contribution in [0.25, 0.3) is 0 Å². The van der Waals surface area contributed by atoms with Crippen molar-refractivity contribution in [3.8, 4) is 11.6 Å². The molecule has 4 aromatic rings. The third kappa shape index (κ3) is 5.06. The van der Waals surface area contributed by atoms with Crippen molar-refractivity contribution in [3.63, 3.8) is 0 Å². The summed E-state index contributed by atoms with van der Waals surface area (Å²) in [5.74, 6) is 1.14. The van der Waals surface area contributed by atoms with E-state index in [2.05, 4.69) is 32.4 Å². The molecule has 0 spiro atoms. The number of pyridine rings is 1. The summed E-state index contributed by atoms with van der Waals surface area (Å²) in [5.41, 5.74) is 4.38. The average Bonchev–Trinajstić information content (AvgIpc) is 3.35. The molecule has 0 fully saturated rings. The Bertz CT molecular complexity index is 1330. The molecule has 2 aromatic heterocycles. The standard InChI is InChI=1S/C27H25N5O3/c1-34-22-9-4-6-19(14-22)18-35-26-23(25(33)29-16-20-7-5-12-28-15-20)17-30-27(31-26)32-13-11-21-8-2-3-10-24(21)32/h2-10,12,14-15,17H,11,13,16,18H2,1H3,(H,29,33). The van der Waals surface area contributed by atoms with Crippen LogP contribution in [-0.4, -0.2) is 34.5 Å². The fourth-order valence-electron chi connectivity index (χ4n) is 3.99. The number of rotatable bonds is 8. The molecular formula is C27H25N5O3. The van der Waals surface area contributed by atoms with Crippen LogP contribution < -0.4 is 19.7 Å². The van der Waals surface area contributed by atoms with Gasteiger partial charge < -0.3 is 19.7 Å². The highest BCUT2D eigenvalue weighted by Crippen LogP contribution is 2.33. The SMILES string of the molecule is COc1cccc(COc2nc(N3CCc4ccccc43)ncc2C(=O)NCc2cccnc2)c1. The van der Waals surface area contributed by atoms with Gasteiger partial charge in [0.15, 0.2) is 0 Å². The van der Waals surface area contributed by atoms with Gasteiger partial charge in [-0.1, -0.05) is 36.4 Å². The van der Waals surface area contributed by atoms with Crippen LogP contribution in [0.15, 0.2) is 79.3 Å². The Hall–Kier alpha value is -4.46. The van der Waals surface area contributed by atoms with E-state index in [1.165, 1.54) is 11.8 Å². The van der Waals surface area contributed by atoms with Gasteiger partial charge in [0.25, 0.3) is 5.91 Å². The molecule has 176 valence electrons. The molecule has 1 N–H and O–H groups in total. The number of hydrogen-bond acceptors (Lipinski definition) is 7. The first-order valence-corrected chi connectivity index (χ1v) is 11.4. The van der Waals surface area contributed by atoms with E-state index in [-0.39, 0.29) is 24.0 Å². The molecule has 8 nitrogen and oxygen atoms in total. The Morgan fingerprint density at radius 1 is 1.06 bits per heavy atom. The lowest BCUT2D eigenvalue weighted by atomic mass is 10.2. The highest BCUT2D eigenvalue weighted by Gasteiger charge is 2.24. The van der Waals surface area contributed by atoms with Gasteiger partial charge in [-0.05, 0) is 47.4 Å². The number of anilines is 2. The third-order valence-corrected chi connectivity index (χ3v) is 5.80. The summed E-state index contributed by atoms with van der Waals surface area (Å²) in [6.07, 6.45) is 5.85. The predicted molar refractivity (Wildman–Crippen MR) is 132 cm³/mol. The molecule has 0 saturated heterocycles. The van der Waals surface area contributed by atoms with Gasteiger partial charge in [0.2, 0.25) is 11.8 Å². The summed E-state index contributed by atoms with van der Waals surface area (Å²) < 4.78 is 11.4. The van der Waals surface area contributed by atoms with Crippen LogP contribution in [0.2, 0.25) is 0 Å². The Kier molecular flexibility index (Phi) is 6.52. The summed E-state index contributed by atoms with van der Waals surface area (Å²) in [4.78, 5) is 28.4. The fourth-order valence-corrected chi connectivity index (χ4v) is 3.99. The molecule has 3 heterocycles. The summed E-state index contributed by atoms with van der Waals surface area (Å²) in [6.45, 7) is 1.33. The van der Waals surface area contributed by atoms with Gasteiger partial charge in [0.1, 0.15) is 17.9 Å². The van der Waals surface area contributed by atoms with Gasteiger partial charge in [0, 0.05) is 37.4 Å². The van der Waals surface area contributed by atoms with E-state index in [0.717, 1.165) is 35.5 Å². The monoisotopic (exact) mass is 467 g/mol. The van der Waals surface area contributed by atoms with Gasteiger partial charge in [-0.2, -0.15) is 4.98 Å². The predicted octanol–water partition coefficient (Wildman–Crippen LogP) is 4.08. The van der Waals surface area contributed by atoms with Crippen molar-refractivity contribution >= 4 is 17.5 Å². The first-order valence-electron chi connectivity index (χ1n) is 11.4. The fraction of sp³-hybridized carbons (Fsp3) is 0.185. The zero-order valence-electron chi connectivity index (χ0n) is 19.3. The normalized spacial score (nSPS) is 12.2. The van der Waals surface area contributed by atoms with Gasteiger partial charge in [-0.15, -0.1) is 0 Å². The van der Waals surface area contributed by atoms with Crippen molar-refractivity contribution in [3.05, 3.63) is 102 Å². The lowest BCUT2D eigenvalue weighted by Gasteiger charge is -2.19. The van der Waals surface area contributed by atoms with Crippen molar-refractivity contribution in [2.45, 2.75) is 19.6 Å². The number of carbonyl (C=O) groups excluding carboxylic acids is 1. The van der Waals surface area contributed by atoms with Crippen LogP contribution in [0, 0.1) is 0 Å². The molecule has 5 rings (SSSR count). The second-order valence-corrected chi connectivity index (χ2v) is 8.10. The molecule has 0 unspecified atom stereocenters. The topological polar surface area (TPSA) is 89.5 Å². The zero-order valence-corrected chi connectivity index (χ0v) is 19.3. The number of hydrogen-bond donors (Lipinski definition) is 1. The van der Waals surface area contributed by atoms with Crippen molar-refractivity contribution in [1.29, 1.82) is 0 Å². The number of nitrogens with one attached hydrogen (secondary N) is 1. The number of aromatic nitrogens is 3. The maximum Gasteiger partial charge on any atom is 0.258 e. The number of nitrogens with zero attached hydrogens (tertiary/aromatic N) is 4. The lowest BCUT2D eigenvalue weighted by Crippen LogP contribution is -2.25. The average molecular weight is 468 g/mol. The largest absolute Gasteiger partial charge is 0.497 e. The van der Waals surface area contributed by atoms with Gasteiger partial charge in [0.05, 0.1) is 7.11 Å². The number of para-hydroxylation sites is 1. The number of ether oxygens (including phenoxy) is 2. The Labute approximate surface area is 203 Å². The molecule has 1 aliphatic heterocycles. The molecule has 0 radical (unpaired) electrons. The lowest BCUT2D eigenvalue weighted by molar-refractivity contribution is 0.0945. The van der Waals surface area contributed by atoms with Gasteiger partial charge in [-0.3, -0.25) is 9.78 Å². The van der Waals surface area contributed by atoms with Crippen LogP contribution >= 0.6 is 0 Å². The maximum atomic E-state index is 13.1. The minimum Gasteiger partial charge on any atom is -0.497 e. The summed E-state index contributed by atoms with van der Waals surface area (Å²) in [6, 6.07) is 19.5. The second kappa shape index (κ2) is 10.2. The molecule has 0 aliphatic carbocycles. The molecule has 1 aliphatic rings. The molecule has 0 atom stereocenters. The number of carbonyl (C=O) groups is 1. The van der Waals surface area contributed by atoms with Crippen LogP contribution in [0.5, 0.6) is 11.6 Å². The van der Waals surface area contributed by atoms with Crippen LogP contribution in [0.1, 0.15) is 27.0 Å². The van der Waals surface area contributed by atoms with Crippen LogP contribution in [-0.2, 0) is 19.6 Å².